The predicted octanol–water partition coefficient (Wildman–Crippen LogP) is 3.14. The average Bonchev–Trinajstić information content (AvgIpc) is 3.00. The third kappa shape index (κ3) is 4.08. The molecule has 2 aromatic carbocycles. The van der Waals surface area contributed by atoms with Gasteiger partial charge < -0.3 is 24.8 Å². The van der Waals surface area contributed by atoms with Crippen molar-refractivity contribution in [1.82, 2.24) is 5.32 Å². The van der Waals surface area contributed by atoms with Crippen LogP contribution in [-0.2, 0) is 37.8 Å². The molecule has 0 unspecified atom stereocenters. The summed E-state index contributed by atoms with van der Waals surface area (Å²) in [6.45, 7) is 1.33. The molecule has 0 aliphatic carbocycles. The molecule has 2 aliphatic heterocycles. The number of nitrogens with one attached hydrogen (secondary N) is 2. The van der Waals surface area contributed by atoms with Gasteiger partial charge in [-0.05, 0) is 48.4 Å². The second kappa shape index (κ2) is 8.53. The number of hydrogen-bond donors (Lipinski definition) is 2. The standard InChI is InChI=1S/C22H23ClN2O5/c1-28-15-4-2-3-14(11-15)12-25-21-16-9-10-24-13-22(17(16)5-6-18(21)23)29-19(26)7-8-20(27)30-22/h2-6,11,24-25H,7-10,12-13H2,1H3. The molecule has 1 saturated heterocycles. The van der Waals surface area contributed by atoms with Crippen LogP contribution < -0.4 is 15.4 Å². The number of carbonyl (C=O) groups is 2. The van der Waals surface area contributed by atoms with Gasteiger partial charge in [-0.25, -0.2) is 0 Å². The molecule has 158 valence electrons. The van der Waals surface area contributed by atoms with E-state index in [-0.39, 0.29) is 19.4 Å². The van der Waals surface area contributed by atoms with Gasteiger partial charge in [0.05, 0.1) is 37.2 Å². The fourth-order valence-corrected chi connectivity index (χ4v) is 4.08. The van der Waals surface area contributed by atoms with E-state index in [1.807, 2.05) is 24.3 Å². The zero-order chi connectivity index (χ0) is 21.1. The van der Waals surface area contributed by atoms with Gasteiger partial charge >= 0.3 is 11.9 Å². The first kappa shape index (κ1) is 20.5. The van der Waals surface area contributed by atoms with Crippen molar-refractivity contribution in [1.29, 1.82) is 0 Å². The fraction of sp³-hybridized carbons (Fsp3) is 0.364. The number of carbonyl (C=O) groups excluding carboxylic acids is 2. The number of fused-ring (bicyclic) bond motifs is 2. The van der Waals surface area contributed by atoms with E-state index in [9.17, 15) is 9.59 Å². The first-order valence-corrected chi connectivity index (χ1v) is 10.2. The molecule has 2 N–H and O–H groups in total. The van der Waals surface area contributed by atoms with Crippen molar-refractivity contribution in [3.05, 3.63) is 58.1 Å². The van der Waals surface area contributed by atoms with Gasteiger partial charge in [-0.15, -0.1) is 0 Å². The topological polar surface area (TPSA) is 85.9 Å². The minimum absolute atomic E-state index is 0.00442. The molecule has 7 nitrogen and oxygen atoms in total. The van der Waals surface area contributed by atoms with Crippen LogP contribution in [0.15, 0.2) is 36.4 Å². The van der Waals surface area contributed by atoms with Gasteiger partial charge in [0.1, 0.15) is 5.75 Å². The van der Waals surface area contributed by atoms with Crippen LogP contribution in [-0.4, -0.2) is 32.1 Å². The van der Waals surface area contributed by atoms with Crippen molar-refractivity contribution in [3.63, 3.8) is 0 Å². The molecule has 0 amide bonds. The van der Waals surface area contributed by atoms with Gasteiger partial charge in [0, 0.05) is 12.1 Å². The van der Waals surface area contributed by atoms with Gasteiger partial charge in [0.2, 0.25) is 0 Å². The molecular weight excluding hydrogens is 408 g/mol. The van der Waals surface area contributed by atoms with E-state index in [1.165, 1.54) is 0 Å². The van der Waals surface area contributed by atoms with E-state index >= 15 is 0 Å². The summed E-state index contributed by atoms with van der Waals surface area (Å²) in [5.74, 6) is -1.64. The van der Waals surface area contributed by atoms with E-state index in [0.717, 1.165) is 22.6 Å². The van der Waals surface area contributed by atoms with Gasteiger partial charge in [-0.1, -0.05) is 23.7 Å². The Morgan fingerprint density at radius 3 is 2.63 bits per heavy atom. The van der Waals surface area contributed by atoms with Gasteiger partial charge in [0.25, 0.3) is 5.79 Å². The van der Waals surface area contributed by atoms with Gasteiger partial charge in [-0.3, -0.25) is 9.59 Å². The lowest BCUT2D eigenvalue weighted by Gasteiger charge is -2.32. The second-order valence-corrected chi connectivity index (χ2v) is 7.69. The summed E-state index contributed by atoms with van der Waals surface area (Å²) >= 11 is 6.53. The summed E-state index contributed by atoms with van der Waals surface area (Å²) in [5.41, 5.74) is 3.25. The largest absolute Gasteiger partial charge is 0.497 e. The highest BCUT2D eigenvalue weighted by Gasteiger charge is 2.45. The van der Waals surface area contributed by atoms with Gasteiger partial charge in [-0.2, -0.15) is 0 Å². The molecule has 0 bridgehead atoms. The Morgan fingerprint density at radius 1 is 1.13 bits per heavy atom. The Kier molecular flexibility index (Phi) is 5.83. The molecule has 1 spiro atoms. The van der Waals surface area contributed by atoms with Crippen LogP contribution in [0.4, 0.5) is 5.69 Å². The number of halogens is 1. The molecule has 2 aromatic rings. The smallest absolute Gasteiger partial charge is 0.309 e. The SMILES string of the molecule is COc1cccc(CNc2c(Cl)ccc3c2CCNCC32OC(=O)CCC(=O)O2)c1. The van der Waals surface area contributed by atoms with Crippen LogP contribution in [0.3, 0.4) is 0 Å². The summed E-state index contributed by atoms with van der Waals surface area (Å²) in [6.07, 6.45) is 0.641. The zero-order valence-corrected chi connectivity index (χ0v) is 17.4. The highest BCUT2D eigenvalue weighted by Crippen LogP contribution is 2.40. The average molecular weight is 431 g/mol. The van der Waals surface area contributed by atoms with Crippen molar-refractivity contribution in [2.24, 2.45) is 0 Å². The maximum atomic E-state index is 12.2. The normalized spacial score (nSPS) is 17.9. The number of benzene rings is 2. The van der Waals surface area contributed by atoms with E-state index in [1.54, 1.807) is 19.2 Å². The molecule has 0 aromatic heterocycles. The van der Waals surface area contributed by atoms with E-state index in [2.05, 4.69) is 10.6 Å². The Hall–Kier alpha value is -2.77. The molecule has 2 aliphatic rings. The van der Waals surface area contributed by atoms with Crippen LogP contribution >= 0.6 is 11.6 Å². The van der Waals surface area contributed by atoms with Crippen LogP contribution in [0.2, 0.25) is 5.02 Å². The Bertz CT molecular complexity index is 960. The Balaban J connectivity index is 1.71. The third-order valence-electron chi connectivity index (χ3n) is 5.28. The van der Waals surface area contributed by atoms with Crippen molar-refractivity contribution >= 4 is 29.2 Å². The maximum Gasteiger partial charge on any atom is 0.309 e. The lowest BCUT2D eigenvalue weighted by Crippen LogP contribution is -2.43. The minimum Gasteiger partial charge on any atom is -0.497 e. The second-order valence-electron chi connectivity index (χ2n) is 7.28. The van der Waals surface area contributed by atoms with Crippen LogP contribution in [0.25, 0.3) is 0 Å². The molecule has 0 saturated carbocycles. The van der Waals surface area contributed by atoms with E-state index in [0.29, 0.717) is 30.1 Å². The Morgan fingerprint density at radius 2 is 1.90 bits per heavy atom. The van der Waals surface area contributed by atoms with E-state index in [4.69, 9.17) is 25.8 Å². The van der Waals surface area contributed by atoms with Crippen LogP contribution in [0.5, 0.6) is 5.75 Å². The number of hydrogen-bond acceptors (Lipinski definition) is 7. The molecule has 2 heterocycles. The zero-order valence-electron chi connectivity index (χ0n) is 16.6. The minimum atomic E-state index is -1.49. The molecule has 0 atom stereocenters. The third-order valence-corrected chi connectivity index (χ3v) is 5.59. The van der Waals surface area contributed by atoms with Crippen LogP contribution in [0.1, 0.15) is 29.5 Å². The maximum absolute atomic E-state index is 12.2. The number of rotatable bonds is 4. The quantitative estimate of drug-likeness (QED) is 0.720. The summed E-state index contributed by atoms with van der Waals surface area (Å²) in [7, 11) is 1.63. The van der Waals surface area contributed by atoms with Crippen molar-refractivity contribution < 1.29 is 23.8 Å². The predicted molar refractivity (Wildman–Crippen MR) is 111 cm³/mol. The summed E-state index contributed by atoms with van der Waals surface area (Å²) in [6, 6.07) is 11.2. The van der Waals surface area contributed by atoms with Crippen molar-refractivity contribution in [2.45, 2.75) is 31.6 Å². The molecule has 4 rings (SSSR count). The van der Waals surface area contributed by atoms with Gasteiger partial charge in [0.15, 0.2) is 0 Å². The lowest BCUT2D eigenvalue weighted by atomic mass is 9.96. The molecule has 8 heteroatoms. The fourth-order valence-electron chi connectivity index (χ4n) is 3.84. The highest BCUT2D eigenvalue weighted by atomic mass is 35.5. The molecule has 30 heavy (non-hydrogen) atoms. The summed E-state index contributed by atoms with van der Waals surface area (Å²) in [4.78, 5) is 24.4. The Labute approximate surface area is 179 Å². The summed E-state index contributed by atoms with van der Waals surface area (Å²) < 4.78 is 16.6. The highest BCUT2D eigenvalue weighted by molar-refractivity contribution is 6.33. The first-order valence-electron chi connectivity index (χ1n) is 9.84. The molecular formula is C22H23ClN2O5. The van der Waals surface area contributed by atoms with Crippen LogP contribution in [0, 0.1) is 0 Å². The number of anilines is 1. The summed E-state index contributed by atoms with van der Waals surface area (Å²) in [5, 5.41) is 7.16. The van der Waals surface area contributed by atoms with Crippen molar-refractivity contribution in [3.8, 4) is 5.75 Å². The molecule has 0 radical (unpaired) electrons. The molecule has 1 fully saturated rings. The number of methoxy groups -OCH3 is 1. The monoisotopic (exact) mass is 430 g/mol. The lowest BCUT2D eigenvalue weighted by molar-refractivity contribution is -0.225. The first-order chi connectivity index (χ1) is 14.5. The van der Waals surface area contributed by atoms with E-state index < -0.39 is 17.7 Å². The number of esters is 2. The van der Waals surface area contributed by atoms with Crippen molar-refractivity contribution in [2.75, 3.05) is 25.5 Å². The number of ether oxygens (including phenoxy) is 3.